The molecule has 0 N–H and O–H groups in total. The number of methoxy groups -OCH3 is 1. The highest BCUT2D eigenvalue weighted by molar-refractivity contribution is 6.30. The second-order valence-corrected chi connectivity index (χ2v) is 4.85. The zero-order valence-corrected chi connectivity index (χ0v) is 11.2. The fourth-order valence-corrected chi connectivity index (χ4v) is 2.06. The third-order valence-corrected chi connectivity index (χ3v) is 3.09. The Bertz CT molecular complexity index is 448. The molecular weight excluding hydrogens is 254 g/mol. The van der Waals surface area contributed by atoms with E-state index in [0.717, 1.165) is 17.1 Å². The number of rotatable bonds is 2. The maximum absolute atomic E-state index is 11.9. The Hall–Kier alpha value is -1.42. The number of hydrogen-bond donors (Lipinski definition) is 0. The third kappa shape index (κ3) is 2.70. The lowest BCUT2D eigenvalue weighted by molar-refractivity contribution is -0.131. The molecule has 0 spiro atoms. The van der Waals surface area contributed by atoms with Gasteiger partial charge in [0.1, 0.15) is 23.5 Å². The summed E-state index contributed by atoms with van der Waals surface area (Å²) >= 11 is 5.84. The van der Waals surface area contributed by atoms with Crippen molar-refractivity contribution in [2.45, 2.75) is 18.8 Å². The molecule has 0 bridgehead atoms. The van der Waals surface area contributed by atoms with Gasteiger partial charge in [-0.2, -0.15) is 0 Å². The largest absolute Gasteiger partial charge is 0.497 e. The minimum absolute atomic E-state index is 0.0658. The van der Waals surface area contributed by atoms with Crippen molar-refractivity contribution in [3.8, 4) is 11.5 Å². The molecular formula is C13H16ClNO3. The first-order chi connectivity index (χ1) is 8.61. The van der Waals surface area contributed by atoms with Gasteiger partial charge >= 0.3 is 0 Å². The molecule has 0 saturated carbocycles. The maximum atomic E-state index is 11.9. The van der Waals surface area contributed by atoms with Gasteiger partial charge in [-0.3, -0.25) is 4.79 Å². The van der Waals surface area contributed by atoms with Crippen LogP contribution in [0.4, 0.5) is 0 Å². The molecule has 4 nitrogen and oxygen atoms in total. The summed E-state index contributed by atoms with van der Waals surface area (Å²) in [5.41, 5.74) is 0.971. The van der Waals surface area contributed by atoms with E-state index in [1.807, 2.05) is 18.2 Å². The minimum Gasteiger partial charge on any atom is -0.497 e. The van der Waals surface area contributed by atoms with Crippen molar-refractivity contribution in [3.63, 3.8) is 0 Å². The molecule has 1 atom stereocenters. The van der Waals surface area contributed by atoms with E-state index in [-0.39, 0.29) is 5.91 Å². The van der Waals surface area contributed by atoms with Crippen molar-refractivity contribution in [1.29, 1.82) is 0 Å². The molecule has 0 saturated heterocycles. The molecule has 2 rings (SSSR count). The van der Waals surface area contributed by atoms with Crippen molar-refractivity contribution in [1.82, 2.24) is 4.90 Å². The molecule has 5 heteroatoms. The number of carbonyl (C=O) groups excluding carboxylic acids is 1. The van der Waals surface area contributed by atoms with Crippen molar-refractivity contribution in [2.75, 3.05) is 20.3 Å². The lowest BCUT2D eigenvalue weighted by atomic mass is 10.1. The number of nitrogens with zero attached hydrogens (tertiary/aromatic N) is 1. The number of alkyl halides is 1. The summed E-state index contributed by atoms with van der Waals surface area (Å²) in [5, 5.41) is -0.509. The summed E-state index contributed by atoms with van der Waals surface area (Å²) in [4.78, 5) is 13.6. The van der Waals surface area contributed by atoms with Crippen molar-refractivity contribution < 1.29 is 14.3 Å². The predicted octanol–water partition coefficient (Wildman–Crippen LogP) is 2.04. The Morgan fingerprint density at radius 1 is 1.56 bits per heavy atom. The lowest BCUT2D eigenvalue weighted by Crippen LogP contribution is -2.36. The molecule has 0 fully saturated rings. The van der Waals surface area contributed by atoms with E-state index in [1.54, 1.807) is 18.9 Å². The number of benzene rings is 1. The summed E-state index contributed by atoms with van der Waals surface area (Å²) in [7, 11) is 1.61. The van der Waals surface area contributed by atoms with Gasteiger partial charge in [-0.1, -0.05) is 0 Å². The first-order valence-electron chi connectivity index (χ1n) is 5.84. The van der Waals surface area contributed by atoms with E-state index in [0.29, 0.717) is 19.7 Å². The van der Waals surface area contributed by atoms with Crippen LogP contribution in [-0.2, 0) is 11.3 Å². The van der Waals surface area contributed by atoms with Gasteiger partial charge in [0.05, 0.1) is 13.7 Å². The standard InChI is InChI=1S/C13H16ClNO3/c1-9(14)13(16)15-5-6-18-12-7-11(17-2)4-3-10(12)8-15/h3-4,7,9H,5-6,8H2,1-2H3. The van der Waals surface area contributed by atoms with E-state index in [9.17, 15) is 4.79 Å². The molecule has 18 heavy (non-hydrogen) atoms. The van der Waals surface area contributed by atoms with Gasteiger partial charge in [-0.05, 0) is 19.1 Å². The van der Waals surface area contributed by atoms with Gasteiger partial charge in [0, 0.05) is 18.2 Å². The monoisotopic (exact) mass is 269 g/mol. The molecule has 1 aromatic carbocycles. The molecule has 1 aromatic rings. The normalized spacial score (nSPS) is 16.3. The number of halogens is 1. The molecule has 1 aliphatic heterocycles. The molecule has 1 aliphatic rings. The van der Waals surface area contributed by atoms with E-state index in [1.165, 1.54) is 0 Å². The van der Waals surface area contributed by atoms with Crippen LogP contribution in [0.15, 0.2) is 18.2 Å². The third-order valence-electron chi connectivity index (χ3n) is 2.91. The van der Waals surface area contributed by atoms with Crippen LogP contribution in [0.2, 0.25) is 0 Å². The summed E-state index contributed by atoms with van der Waals surface area (Å²) in [6, 6.07) is 5.62. The molecule has 1 amide bonds. The smallest absolute Gasteiger partial charge is 0.240 e. The lowest BCUT2D eigenvalue weighted by Gasteiger charge is -2.20. The summed E-state index contributed by atoms with van der Waals surface area (Å²) in [6.45, 7) is 3.22. The molecule has 98 valence electrons. The van der Waals surface area contributed by atoms with E-state index in [4.69, 9.17) is 21.1 Å². The summed E-state index contributed by atoms with van der Waals surface area (Å²) < 4.78 is 10.8. The molecule has 0 aliphatic carbocycles. The van der Waals surface area contributed by atoms with Crippen molar-refractivity contribution in [2.24, 2.45) is 0 Å². The zero-order valence-electron chi connectivity index (χ0n) is 10.5. The van der Waals surface area contributed by atoms with Gasteiger partial charge in [0.2, 0.25) is 5.91 Å². The average Bonchev–Trinajstić information content (AvgIpc) is 2.58. The van der Waals surface area contributed by atoms with E-state index in [2.05, 4.69) is 0 Å². The molecule has 1 unspecified atom stereocenters. The highest BCUT2D eigenvalue weighted by Gasteiger charge is 2.22. The minimum atomic E-state index is -0.509. The van der Waals surface area contributed by atoms with Crippen LogP contribution < -0.4 is 9.47 Å². The molecule has 0 aromatic heterocycles. The van der Waals surface area contributed by atoms with Crippen LogP contribution in [-0.4, -0.2) is 36.4 Å². The summed E-state index contributed by atoms with van der Waals surface area (Å²) in [5.74, 6) is 1.45. The highest BCUT2D eigenvalue weighted by Crippen LogP contribution is 2.28. The Morgan fingerprint density at radius 2 is 2.33 bits per heavy atom. The van der Waals surface area contributed by atoms with Gasteiger partial charge < -0.3 is 14.4 Å². The van der Waals surface area contributed by atoms with Gasteiger partial charge in [0.15, 0.2) is 0 Å². The number of amides is 1. The first-order valence-corrected chi connectivity index (χ1v) is 6.28. The van der Waals surface area contributed by atoms with Gasteiger partial charge in [0.25, 0.3) is 0 Å². The SMILES string of the molecule is COc1ccc2c(c1)OCCN(C(=O)C(C)Cl)C2. The highest BCUT2D eigenvalue weighted by atomic mass is 35.5. The fraction of sp³-hybridized carbons (Fsp3) is 0.462. The van der Waals surface area contributed by atoms with Crippen molar-refractivity contribution in [3.05, 3.63) is 23.8 Å². The topological polar surface area (TPSA) is 38.8 Å². The molecule has 0 radical (unpaired) electrons. The first kappa shape index (κ1) is 13.0. The van der Waals surface area contributed by atoms with E-state index < -0.39 is 5.38 Å². The Labute approximate surface area is 111 Å². The maximum Gasteiger partial charge on any atom is 0.240 e. The predicted molar refractivity (Wildman–Crippen MR) is 69.2 cm³/mol. The second-order valence-electron chi connectivity index (χ2n) is 4.20. The molecule has 1 heterocycles. The Kier molecular flexibility index (Phi) is 3.97. The Morgan fingerprint density at radius 3 is 3.00 bits per heavy atom. The van der Waals surface area contributed by atoms with Crippen LogP contribution in [0.1, 0.15) is 12.5 Å². The van der Waals surface area contributed by atoms with Gasteiger partial charge in [-0.25, -0.2) is 0 Å². The number of carbonyl (C=O) groups is 1. The quantitative estimate of drug-likeness (QED) is 0.772. The Balaban J connectivity index is 2.22. The van der Waals surface area contributed by atoms with Gasteiger partial charge in [-0.15, -0.1) is 11.6 Å². The van der Waals surface area contributed by atoms with Crippen LogP contribution in [0.5, 0.6) is 11.5 Å². The second kappa shape index (κ2) is 5.48. The van der Waals surface area contributed by atoms with Crippen molar-refractivity contribution >= 4 is 17.5 Å². The van der Waals surface area contributed by atoms with Crippen LogP contribution in [0, 0.1) is 0 Å². The number of fused-ring (bicyclic) bond motifs is 1. The zero-order chi connectivity index (χ0) is 13.1. The van der Waals surface area contributed by atoms with E-state index >= 15 is 0 Å². The van der Waals surface area contributed by atoms with Crippen LogP contribution >= 0.6 is 11.6 Å². The number of ether oxygens (including phenoxy) is 2. The van der Waals surface area contributed by atoms with Crippen LogP contribution in [0.25, 0.3) is 0 Å². The summed E-state index contributed by atoms with van der Waals surface area (Å²) in [6.07, 6.45) is 0. The van der Waals surface area contributed by atoms with Crippen LogP contribution in [0.3, 0.4) is 0 Å². The fourth-order valence-electron chi connectivity index (χ4n) is 1.92. The average molecular weight is 270 g/mol. The number of hydrogen-bond acceptors (Lipinski definition) is 3.